The molecule has 0 unspecified atom stereocenters. The zero-order valence-corrected chi connectivity index (χ0v) is 16.7. The quantitative estimate of drug-likeness (QED) is 0.521. The van der Waals surface area contributed by atoms with Gasteiger partial charge in [-0.25, -0.2) is 4.39 Å². The number of carbonyl (C=O) groups is 2. The summed E-state index contributed by atoms with van der Waals surface area (Å²) in [6.45, 7) is 0. The minimum atomic E-state index is -0.568. The molecule has 0 saturated heterocycles. The SMILES string of the molecule is COc1ccc(/C=C/C(=O)Nc2cccc(C(=O)Nc3ccc(F)c(Cl)c3)c2)cc1. The highest BCUT2D eigenvalue weighted by Gasteiger charge is 2.09. The monoisotopic (exact) mass is 424 g/mol. The van der Waals surface area contributed by atoms with Gasteiger partial charge in [-0.15, -0.1) is 0 Å². The van der Waals surface area contributed by atoms with Crippen molar-refractivity contribution < 1.29 is 18.7 Å². The molecule has 0 atom stereocenters. The standard InChI is InChI=1S/C23H18ClFN2O3/c1-30-19-9-5-15(6-10-19)7-12-22(28)26-17-4-2-3-16(13-17)23(29)27-18-8-11-21(25)20(24)14-18/h2-14H,1H3,(H,26,28)(H,27,29)/b12-7+. The van der Waals surface area contributed by atoms with Gasteiger partial charge >= 0.3 is 0 Å². The Bertz CT molecular complexity index is 1100. The molecule has 2 N–H and O–H groups in total. The van der Waals surface area contributed by atoms with E-state index >= 15 is 0 Å². The summed E-state index contributed by atoms with van der Waals surface area (Å²) in [5.41, 5.74) is 2.00. The second kappa shape index (κ2) is 9.71. The van der Waals surface area contributed by atoms with E-state index in [0.29, 0.717) is 16.9 Å². The number of methoxy groups -OCH3 is 1. The molecule has 0 aliphatic carbocycles. The fraction of sp³-hybridized carbons (Fsp3) is 0.0435. The first kappa shape index (κ1) is 21.1. The highest BCUT2D eigenvalue weighted by Crippen LogP contribution is 2.20. The number of halogens is 2. The van der Waals surface area contributed by atoms with Crippen LogP contribution in [-0.4, -0.2) is 18.9 Å². The number of nitrogens with one attached hydrogen (secondary N) is 2. The number of hydrogen-bond acceptors (Lipinski definition) is 3. The molecule has 0 bridgehead atoms. The molecule has 0 fully saturated rings. The van der Waals surface area contributed by atoms with Crippen molar-refractivity contribution in [2.75, 3.05) is 17.7 Å². The van der Waals surface area contributed by atoms with E-state index in [1.807, 2.05) is 12.1 Å². The van der Waals surface area contributed by atoms with E-state index in [0.717, 1.165) is 11.3 Å². The Hall–Kier alpha value is -3.64. The van der Waals surface area contributed by atoms with E-state index in [4.69, 9.17) is 16.3 Å². The van der Waals surface area contributed by atoms with Gasteiger partial charge in [0.15, 0.2) is 0 Å². The number of benzene rings is 3. The minimum Gasteiger partial charge on any atom is -0.497 e. The van der Waals surface area contributed by atoms with Crippen molar-refractivity contribution in [3.05, 3.63) is 94.8 Å². The fourth-order valence-corrected chi connectivity index (χ4v) is 2.77. The van der Waals surface area contributed by atoms with E-state index in [2.05, 4.69) is 10.6 Å². The molecular weight excluding hydrogens is 407 g/mol. The molecule has 30 heavy (non-hydrogen) atoms. The predicted molar refractivity (Wildman–Crippen MR) is 116 cm³/mol. The van der Waals surface area contributed by atoms with Crippen LogP contribution in [0, 0.1) is 5.82 Å². The maximum atomic E-state index is 13.2. The molecule has 152 valence electrons. The molecule has 0 radical (unpaired) electrons. The first-order valence-electron chi connectivity index (χ1n) is 8.94. The summed E-state index contributed by atoms with van der Waals surface area (Å²) in [6.07, 6.45) is 3.07. The van der Waals surface area contributed by atoms with Crippen LogP contribution in [0.4, 0.5) is 15.8 Å². The van der Waals surface area contributed by atoms with Crippen LogP contribution in [-0.2, 0) is 4.79 Å². The lowest BCUT2D eigenvalue weighted by Gasteiger charge is -2.08. The van der Waals surface area contributed by atoms with Crippen molar-refractivity contribution in [3.8, 4) is 5.75 Å². The van der Waals surface area contributed by atoms with Crippen LogP contribution in [0.2, 0.25) is 5.02 Å². The first-order chi connectivity index (χ1) is 14.4. The second-order valence-electron chi connectivity index (χ2n) is 6.26. The zero-order valence-electron chi connectivity index (χ0n) is 16.0. The van der Waals surface area contributed by atoms with Crippen molar-refractivity contribution in [2.24, 2.45) is 0 Å². The van der Waals surface area contributed by atoms with Gasteiger partial charge in [0.1, 0.15) is 11.6 Å². The van der Waals surface area contributed by atoms with Crippen LogP contribution < -0.4 is 15.4 Å². The number of carbonyl (C=O) groups excluding carboxylic acids is 2. The fourth-order valence-electron chi connectivity index (χ4n) is 2.59. The molecule has 0 aromatic heterocycles. The predicted octanol–water partition coefficient (Wildman–Crippen LogP) is 5.39. The van der Waals surface area contributed by atoms with Crippen molar-refractivity contribution in [1.29, 1.82) is 0 Å². The lowest BCUT2D eigenvalue weighted by Crippen LogP contribution is -2.13. The topological polar surface area (TPSA) is 67.4 Å². The van der Waals surface area contributed by atoms with Gasteiger partial charge in [-0.3, -0.25) is 9.59 Å². The minimum absolute atomic E-state index is 0.0857. The maximum Gasteiger partial charge on any atom is 0.255 e. The second-order valence-corrected chi connectivity index (χ2v) is 6.67. The van der Waals surface area contributed by atoms with E-state index in [9.17, 15) is 14.0 Å². The summed E-state index contributed by atoms with van der Waals surface area (Å²) in [7, 11) is 1.58. The Kier molecular flexibility index (Phi) is 6.83. The smallest absolute Gasteiger partial charge is 0.255 e. The highest BCUT2D eigenvalue weighted by molar-refractivity contribution is 6.31. The van der Waals surface area contributed by atoms with Crippen molar-refractivity contribution in [1.82, 2.24) is 0 Å². The Morgan fingerprint density at radius 1 is 0.967 bits per heavy atom. The molecule has 3 rings (SSSR count). The largest absolute Gasteiger partial charge is 0.497 e. The van der Waals surface area contributed by atoms with E-state index < -0.39 is 11.7 Å². The normalized spacial score (nSPS) is 10.6. The first-order valence-corrected chi connectivity index (χ1v) is 9.32. The van der Waals surface area contributed by atoms with Gasteiger partial charge in [-0.05, 0) is 60.2 Å². The van der Waals surface area contributed by atoms with Crippen LogP contribution in [0.3, 0.4) is 0 Å². The number of rotatable bonds is 6. The summed E-state index contributed by atoms with van der Waals surface area (Å²) in [4.78, 5) is 24.6. The molecular formula is C23H18ClFN2O3. The number of hydrogen-bond donors (Lipinski definition) is 2. The average Bonchev–Trinajstić information content (AvgIpc) is 2.75. The maximum absolute atomic E-state index is 13.2. The summed E-state index contributed by atoms with van der Waals surface area (Å²) in [6, 6.07) is 17.6. The van der Waals surface area contributed by atoms with Crippen LogP contribution in [0.25, 0.3) is 6.08 Å². The summed E-state index contributed by atoms with van der Waals surface area (Å²) in [5.74, 6) is -0.590. The molecule has 7 heteroatoms. The third-order valence-electron chi connectivity index (χ3n) is 4.11. The third-order valence-corrected chi connectivity index (χ3v) is 4.40. The molecule has 3 aromatic carbocycles. The van der Waals surface area contributed by atoms with Crippen LogP contribution in [0.15, 0.2) is 72.8 Å². The summed E-state index contributed by atoms with van der Waals surface area (Å²) in [5, 5.41) is 5.26. The summed E-state index contributed by atoms with van der Waals surface area (Å²) >= 11 is 5.73. The number of anilines is 2. The van der Waals surface area contributed by atoms with Gasteiger partial charge in [0.05, 0.1) is 12.1 Å². The van der Waals surface area contributed by atoms with Crippen molar-refractivity contribution in [3.63, 3.8) is 0 Å². The molecule has 0 aliphatic heterocycles. The van der Waals surface area contributed by atoms with E-state index in [1.165, 1.54) is 24.3 Å². The number of ether oxygens (including phenoxy) is 1. The van der Waals surface area contributed by atoms with Gasteiger partial charge in [-0.1, -0.05) is 29.8 Å². The van der Waals surface area contributed by atoms with Gasteiger partial charge in [0.25, 0.3) is 5.91 Å². The average molecular weight is 425 g/mol. The molecule has 0 aliphatic rings. The molecule has 5 nitrogen and oxygen atoms in total. The lowest BCUT2D eigenvalue weighted by atomic mass is 10.1. The Labute approximate surface area is 178 Å². The Morgan fingerprint density at radius 2 is 1.70 bits per heavy atom. The van der Waals surface area contributed by atoms with Gasteiger partial charge in [-0.2, -0.15) is 0 Å². The van der Waals surface area contributed by atoms with Gasteiger partial charge in [0, 0.05) is 23.0 Å². The lowest BCUT2D eigenvalue weighted by molar-refractivity contribution is -0.111. The van der Waals surface area contributed by atoms with Gasteiger partial charge < -0.3 is 15.4 Å². The molecule has 2 amide bonds. The Morgan fingerprint density at radius 3 is 2.40 bits per heavy atom. The van der Waals surface area contributed by atoms with Crippen LogP contribution >= 0.6 is 11.6 Å². The highest BCUT2D eigenvalue weighted by atomic mass is 35.5. The van der Waals surface area contributed by atoms with Crippen molar-refractivity contribution >= 4 is 40.9 Å². The molecule has 0 heterocycles. The van der Waals surface area contributed by atoms with Crippen molar-refractivity contribution in [2.45, 2.75) is 0 Å². The molecule has 0 spiro atoms. The van der Waals surface area contributed by atoms with Gasteiger partial charge in [0.2, 0.25) is 5.91 Å². The third kappa shape index (κ3) is 5.68. The molecule has 3 aromatic rings. The number of amides is 2. The van der Waals surface area contributed by atoms with Crippen LogP contribution in [0.1, 0.15) is 15.9 Å². The molecule has 0 saturated carbocycles. The van der Waals surface area contributed by atoms with Crippen LogP contribution in [0.5, 0.6) is 5.75 Å². The Balaban J connectivity index is 1.63. The van der Waals surface area contributed by atoms with E-state index in [-0.39, 0.29) is 10.9 Å². The zero-order chi connectivity index (χ0) is 21.5. The summed E-state index contributed by atoms with van der Waals surface area (Å²) < 4.78 is 18.3. The van der Waals surface area contributed by atoms with E-state index in [1.54, 1.807) is 49.6 Å².